The fraction of sp³-hybridized carbons (Fsp3) is 0.250. The molecule has 4 nitrogen and oxygen atoms in total. The molecule has 0 atom stereocenters. The fourth-order valence-corrected chi connectivity index (χ4v) is 1.47. The number of nitrogen functional groups attached to an aromatic ring is 1. The van der Waals surface area contributed by atoms with Crippen molar-refractivity contribution in [1.29, 1.82) is 0 Å². The number of aryl methyl sites for hydroxylation is 2. The van der Waals surface area contributed by atoms with E-state index in [4.69, 9.17) is 14.9 Å². The average Bonchev–Trinajstić information content (AvgIpc) is 2.59. The third-order valence-corrected chi connectivity index (χ3v) is 2.48. The molecule has 0 saturated carbocycles. The van der Waals surface area contributed by atoms with Crippen LogP contribution in [0.25, 0.3) is 11.5 Å². The van der Waals surface area contributed by atoms with Gasteiger partial charge in [-0.15, -0.1) is 0 Å². The molecule has 0 unspecified atom stereocenters. The summed E-state index contributed by atoms with van der Waals surface area (Å²) in [5.41, 5.74) is 8.03. The van der Waals surface area contributed by atoms with Gasteiger partial charge in [0.25, 0.3) is 0 Å². The van der Waals surface area contributed by atoms with Crippen LogP contribution in [-0.2, 0) is 0 Å². The number of rotatable bonds is 2. The van der Waals surface area contributed by atoms with E-state index in [-0.39, 0.29) is 0 Å². The number of ether oxygens (including phenoxy) is 1. The first-order chi connectivity index (χ1) is 7.61. The summed E-state index contributed by atoms with van der Waals surface area (Å²) >= 11 is 0. The van der Waals surface area contributed by atoms with Crippen LogP contribution in [-0.4, -0.2) is 12.1 Å². The van der Waals surface area contributed by atoms with E-state index in [2.05, 4.69) is 4.98 Å². The van der Waals surface area contributed by atoms with Crippen molar-refractivity contribution in [2.45, 2.75) is 13.8 Å². The summed E-state index contributed by atoms with van der Waals surface area (Å²) in [5, 5.41) is 0. The normalized spacial score (nSPS) is 10.4. The van der Waals surface area contributed by atoms with Crippen molar-refractivity contribution in [2.75, 3.05) is 12.8 Å². The number of hydrogen-bond donors (Lipinski definition) is 1. The van der Waals surface area contributed by atoms with Crippen molar-refractivity contribution >= 4 is 5.69 Å². The van der Waals surface area contributed by atoms with Gasteiger partial charge in [0.1, 0.15) is 11.5 Å². The summed E-state index contributed by atoms with van der Waals surface area (Å²) in [6.45, 7) is 3.79. The molecular formula is C12H14N2O2. The van der Waals surface area contributed by atoms with E-state index in [1.165, 1.54) is 0 Å². The molecule has 4 heteroatoms. The highest BCUT2D eigenvalue weighted by Gasteiger charge is 2.13. The predicted octanol–water partition coefficient (Wildman–Crippen LogP) is 2.55. The molecule has 84 valence electrons. The van der Waals surface area contributed by atoms with Crippen molar-refractivity contribution in [2.24, 2.45) is 0 Å². The molecule has 1 aromatic heterocycles. The fourth-order valence-electron chi connectivity index (χ4n) is 1.47. The molecule has 0 fully saturated rings. The molecule has 0 spiro atoms. The first kappa shape index (κ1) is 10.5. The summed E-state index contributed by atoms with van der Waals surface area (Å²) in [5.74, 6) is 2.04. The number of nitrogens with two attached hydrogens (primary N) is 1. The molecule has 0 aliphatic heterocycles. The minimum atomic E-state index is 0.562. The standard InChI is InChI=1S/C12H14N2O2/c1-7-8(2)16-12(14-7)10-5-4-9(13)6-11(10)15-3/h4-6H,13H2,1-3H3. The van der Waals surface area contributed by atoms with Gasteiger partial charge in [0.15, 0.2) is 0 Å². The SMILES string of the molecule is COc1cc(N)ccc1-c1nc(C)c(C)o1. The van der Waals surface area contributed by atoms with Gasteiger partial charge in [0, 0.05) is 11.8 Å². The Labute approximate surface area is 94.1 Å². The van der Waals surface area contributed by atoms with Crippen LogP contribution in [0.15, 0.2) is 22.6 Å². The summed E-state index contributed by atoms with van der Waals surface area (Å²) in [6.07, 6.45) is 0. The van der Waals surface area contributed by atoms with E-state index >= 15 is 0 Å². The Morgan fingerprint density at radius 3 is 2.62 bits per heavy atom. The zero-order chi connectivity index (χ0) is 11.7. The van der Waals surface area contributed by atoms with Crippen LogP contribution in [0.1, 0.15) is 11.5 Å². The predicted molar refractivity (Wildman–Crippen MR) is 62.4 cm³/mol. The van der Waals surface area contributed by atoms with E-state index in [0.717, 1.165) is 17.0 Å². The van der Waals surface area contributed by atoms with E-state index in [9.17, 15) is 0 Å². The third-order valence-electron chi connectivity index (χ3n) is 2.48. The van der Waals surface area contributed by atoms with Crippen molar-refractivity contribution in [3.05, 3.63) is 29.7 Å². The van der Waals surface area contributed by atoms with Crippen LogP contribution in [0.5, 0.6) is 5.75 Å². The summed E-state index contributed by atoms with van der Waals surface area (Å²) in [7, 11) is 1.60. The van der Waals surface area contributed by atoms with Crippen LogP contribution >= 0.6 is 0 Å². The molecule has 1 heterocycles. The van der Waals surface area contributed by atoms with E-state index < -0.39 is 0 Å². The van der Waals surface area contributed by atoms with Crippen LogP contribution < -0.4 is 10.5 Å². The minimum Gasteiger partial charge on any atom is -0.496 e. The summed E-state index contributed by atoms with van der Waals surface area (Å²) in [4.78, 5) is 4.33. The Balaban J connectivity index is 2.55. The number of methoxy groups -OCH3 is 1. The highest BCUT2D eigenvalue weighted by molar-refractivity contribution is 5.67. The first-order valence-electron chi connectivity index (χ1n) is 4.99. The zero-order valence-electron chi connectivity index (χ0n) is 9.57. The van der Waals surface area contributed by atoms with E-state index in [0.29, 0.717) is 17.3 Å². The van der Waals surface area contributed by atoms with Gasteiger partial charge in [0.05, 0.1) is 18.4 Å². The Morgan fingerprint density at radius 2 is 2.06 bits per heavy atom. The van der Waals surface area contributed by atoms with Crippen molar-refractivity contribution in [1.82, 2.24) is 4.98 Å². The van der Waals surface area contributed by atoms with Gasteiger partial charge in [0.2, 0.25) is 5.89 Å². The van der Waals surface area contributed by atoms with Gasteiger partial charge in [-0.3, -0.25) is 0 Å². The van der Waals surface area contributed by atoms with Crippen molar-refractivity contribution < 1.29 is 9.15 Å². The second kappa shape index (κ2) is 3.89. The van der Waals surface area contributed by atoms with Gasteiger partial charge in [-0.25, -0.2) is 4.98 Å². The highest BCUT2D eigenvalue weighted by atomic mass is 16.5. The molecular weight excluding hydrogens is 204 g/mol. The number of benzene rings is 1. The van der Waals surface area contributed by atoms with E-state index in [1.54, 1.807) is 19.2 Å². The largest absolute Gasteiger partial charge is 0.496 e. The van der Waals surface area contributed by atoms with E-state index in [1.807, 2.05) is 19.9 Å². The smallest absolute Gasteiger partial charge is 0.230 e. The Hall–Kier alpha value is -1.97. The zero-order valence-corrected chi connectivity index (χ0v) is 9.57. The molecule has 1 aromatic carbocycles. The molecule has 0 amide bonds. The Bertz CT molecular complexity index is 498. The molecule has 16 heavy (non-hydrogen) atoms. The molecule has 2 aromatic rings. The lowest BCUT2D eigenvalue weighted by atomic mass is 10.2. The van der Waals surface area contributed by atoms with Gasteiger partial charge < -0.3 is 14.9 Å². The van der Waals surface area contributed by atoms with Gasteiger partial charge in [-0.05, 0) is 26.0 Å². The Morgan fingerprint density at radius 1 is 1.31 bits per heavy atom. The van der Waals surface area contributed by atoms with Crippen LogP contribution in [0, 0.1) is 13.8 Å². The maximum absolute atomic E-state index is 5.69. The molecule has 0 radical (unpaired) electrons. The number of anilines is 1. The second-order valence-electron chi connectivity index (χ2n) is 3.62. The molecule has 0 bridgehead atoms. The second-order valence-corrected chi connectivity index (χ2v) is 3.62. The quantitative estimate of drug-likeness (QED) is 0.787. The number of nitrogens with zero attached hydrogens (tertiary/aromatic N) is 1. The molecule has 2 N–H and O–H groups in total. The number of oxazole rings is 1. The average molecular weight is 218 g/mol. The van der Waals surface area contributed by atoms with Crippen LogP contribution in [0.4, 0.5) is 5.69 Å². The number of hydrogen-bond acceptors (Lipinski definition) is 4. The molecule has 2 rings (SSSR count). The minimum absolute atomic E-state index is 0.562. The lowest BCUT2D eigenvalue weighted by molar-refractivity contribution is 0.414. The number of aromatic nitrogens is 1. The Kier molecular flexibility index (Phi) is 2.56. The van der Waals surface area contributed by atoms with Crippen LogP contribution in [0.2, 0.25) is 0 Å². The molecule has 0 saturated heterocycles. The molecule has 0 aliphatic rings. The lowest BCUT2D eigenvalue weighted by Gasteiger charge is -2.05. The monoisotopic (exact) mass is 218 g/mol. The topological polar surface area (TPSA) is 61.3 Å². The molecule has 0 aliphatic carbocycles. The maximum atomic E-state index is 5.69. The lowest BCUT2D eigenvalue weighted by Crippen LogP contribution is -1.91. The van der Waals surface area contributed by atoms with Crippen LogP contribution in [0.3, 0.4) is 0 Å². The first-order valence-corrected chi connectivity index (χ1v) is 4.99. The van der Waals surface area contributed by atoms with Gasteiger partial charge in [-0.1, -0.05) is 0 Å². The van der Waals surface area contributed by atoms with Gasteiger partial charge >= 0.3 is 0 Å². The highest BCUT2D eigenvalue weighted by Crippen LogP contribution is 2.31. The maximum Gasteiger partial charge on any atom is 0.230 e. The van der Waals surface area contributed by atoms with Gasteiger partial charge in [-0.2, -0.15) is 0 Å². The summed E-state index contributed by atoms with van der Waals surface area (Å²) in [6, 6.07) is 5.40. The van der Waals surface area contributed by atoms with Crippen molar-refractivity contribution in [3.63, 3.8) is 0 Å². The van der Waals surface area contributed by atoms with Crippen molar-refractivity contribution in [3.8, 4) is 17.2 Å². The third kappa shape index (κ3) is 1.74. The summed E-state index contributed by atoms with van der Waals surface area (Å²) < 4.78 is 10.8.